The van der Waals surface area contributed by atoms with E-state index in [-0.39, 0.29) is 36.7 Å². The molecule has 1 amide bonds. The summed E-state index contributed by atoms with van der Waals surface area (Å²) in [5.74, 6) is 2.84. The Morgan fingerprint density at radius 2 is 2.11 bits per heavy atom. The average molecular weight is 373 g/mol. The van der Waals surface area contributed by atoms with Gasteiger partial charge in [0, 0.05) is 25.0 Å². The average Bonchev–Trinajstić information content (AvgIpc) is 2.70. The zero-order chi connectivity index (χ0) is 19.6. The number of aliphatic hydroxyl groups is 1. The quantitative estimate of drug-likeness (QED) is 0.649. The summed E-state index contributed by atoms with van der Waals surface area (Å²) in [7, 11) is 1.62. The SMILES string of the molecule is C#CCNC(=O)C1=C[C@@H](c2ccc(OC)cc2)[C@@H](CCCO)[C@@H](OCC)O1. The molecule has 0 spiro atoms. The Hall–Kier alpha value is -2.49. The van der Waals surface area contributed by atoms with E-state index in [4.69, 9.17) is 20.6 Å². The van der Waals surface area contributed by atoms with Gasteiger partial charge in [0.15, 0.2) is 5.76 Å². The topological polar surface area (TPSA) is 77.0 Å². The molecule has 0 saturated heterocycles. The second-order valence-corrected chi connectivity index (χ2v) is 6.19. The number of terminal acetylenes is 1. The fourth-order valence-corrected chi connectivity index (χ4v) is 3.19. The van der Waals surface area contributed by atoms with Crippen molar-refractivity contribution in [2.24, 2.45) is 5.92 Å². The van der Waals surface area contributed by atoms with Crippen LogP contribution in [0, 0.1) is 18.3 Å². The molecule has 27 heavy (non-hydrogen) atoms. The van der Waals surface area contributed by atoms with Crippen LogP contribution in [0.4, 0.5) is 0 Å². The van der Waals surface area contributed by atoms with Gasteiger partial charge < -0.3 is 24.6 Å². The Balaban J connectivity index is 2.37. The number of rotatable bonds is 9. The molecule has 0 aliphatic carbocycles. The maximum Gasteiger partial charge on any atom is 0.286 e. The van der Waals surface area contributed by atoms with Gasteiger partial charge in [0.2, 0.25) is 6.29 Å². The van der Waals surface area contributed by atoms with Gasteiger partial charge in [-0.1, -0.05) is 18.1 Å². The van der Waals surface area contributed by atoms with E-state index < -0.39 is 6.29 Å². The number of nitrogens with one attached hydrogen (secondary N) is 1. The van der Waals surface area contributed by atoms with E-state index in [1.165, 1.54) is 0 Å². The Kier molecular flexibility index (Phi) is 8.18. The summed E-state index contributed by atoms with van der Waals surface area (Å²) in [6.45, 7) is 2.55. The van der Waals surface area contributed by atoms with Crippen LogP contribution in [0.2, 0.25) is 0 Å². The number of aliphatic hydroxyl groups excluding tert-OH is 1. The fraction of sp³-hybridized carbons (Fsp3) is 0.476. The molecular formula is C21H27NO5. The van der Waals surface area contributed by atoms with Crippen LogP contribution in [0.3, 0.4) is 0 Å². The minimum Gasteiger partial charge on any atom is -0.497 e. The van der Waals surface area contributed by atoms with Crippen molar-refractivity contribution in [1.29, 1.82) is 0 Å². The van der Waals surface area contributed by atoms with Gasteiger partial charge in [-0.15, -0.1) is 6.42 Å². The van der Waals surface area contributed by atoms with Crippen molar-refractivity contribution in [3.8, 4) is 18.1 Å². The maximum absolute atomic E-state index is 12.4. The largest absolute Gasteiger partial charge is 0.497 e. The lowest BCUT2D eigenvalue weighted by molar-refractivity contribution is -0.166. The van der Waals surface area contributed by atoms with E-state index >= 15 is 0 Å². The summed E-state index contributed by atoms with van der Waals surface area (Å²) in [5, 5.41) is 11.9. The predicted molar refractivity (Wildman–Crippen MR) is 102 cm³/mol. The molecule has 1 aliphatic heterocycles. The fourth-order valence-electron chi connectivity index (χ4n) is 3.19. The molecular weight excluding hydrogens is 346 g/mol. The Labute approximate surface area is 160 Å². The standard InChI is InChI=1S/C21H27NO5/c1-4-12-22-20(24)19-14-18(15-8-10-16(25-3)11-9-15)17(7-6-13-23)21(27-19)26-5-2/h1,8-11,14,17-18,21,23H,5-7,12-13H2,2-3H3,(H,22,24)/t17-,18+,21+/m1/s1. The summed E-state index contributed by atoms with van der Waals surface area (Å²) in [6.07, 6.45) is 7.77. The Morgan fingerprint density at radius 1 is 1.37 bits per heavy atom. The third kappa shape index (κ3) is 5.49. The zero-order valence-electron chi connectivity index (χ0n) is 15.8. The molecule has 146 valence electrons. The highest BCUT2D eigenvalue weighted by Crippen LogP contribution is 2.39. The normalized spacial score (nSPS) is 21.6. The summed E-state index contributed by atoms with van der Waals surface area (Å²) in [4.78, 5) is 12.4. The number of carbonyl (C=O) groups excluding carboxylic acids is 1. The molecule has 2 N–H and O–H groups in total. The number of methoxy groups -OCH3 is 1. The van der Waals surface area contributed by atoms with Gasteiger partial charge >= 0.3 is 0 Å². The number of ether oxygens (including phenoxy) is 3. The molecule has 0 fully saturated rings. The lowest BCUT2D eigenvalue weighted by Crippen LogP contribution is -2.39. The first-order chi connectivity index (χ1) is 13.1. The first-order valence-corrected chi connectivity index (χ1v) is 9.11. The first kappa shape index (κ1) is 20.8. The molecule has 6 heteroatoms. The lowest BCUT2D eigenvalue weighted by atomic mass is 9.80. The van der Waals surface area contributed by atoms with Crippen LogP contribution in [0.5, 0.6) is 5.75 Å². The van der Waals surface area contributed by atoms with Crippen LogP contribution in [0.15, 0.2) is 36.1 Å². The maximum atomic E-state index is 12.4. The third-order valence-electron chi connectivity index (χ3n) is 4.49. The van der Waals surface area contributed by atoms with Crippen molar-refractivity contribution >= 4 is 5.91 Å². The predicted octanol–water partition coefficient (Wildman–Crippen LogP) is 2.19. The number of amides is 1. The van der Waals surface area contributed by atoms with Crippen LogP contribution in [0.1, 0.15) is 31.2 Å². The van der Waals surface area contributed by atoms with Crippen LogP contribution >= 0.6 is 0 Å². The second-order valence-electron chi connectivity index (χ2n) is 6.19. The Morgan fingerprint density at radius 3 is 2.70 bits per heavy atom. The summed E-state index contributed by atoms with van der Waals surface area (Å²) < 4.78 is 16.9. The molecule has 0 radical (unpaired) electrons. The van der Waals surface area contributed by atoms with E-state index in [1.54, 1.807) is 7.11 Å². The third-order valence-corrected chi connectivity index (χ3v) is 4.49. The smallest absolute Gasteiger partial charge is 0.286 e. The molecule has 0 bridgehead atoms. The van der Waals surface area contributed by atoms with Crippen molar-refractivity contribution in [3.05, 3.63) is 41.7 Å². The van der Waals surface area contributed by atoms with Crippen LogP contribution in [-0.4, -0.2) is 44.2 Å². The van der Waals surface area contributed by atoms with E-state index in [1.807, 2.05) is 37.3 Å². The summed E-state index contributed by atoms with van der Waals surface area (Å²) in [6, 6.07) is 7.71. The minimum atomic E-state index is -0.578. The summed E-state index contributed by atoms with van der Waals surface area (Å²) >= 11 is 0. The number of carbonyl (C=O) groups is 1. The summed E-state index contributed by atoms with van der Waals surface area (Å²) in [5.41, 5.74) is 1.02. The lowest BCUT2D eigenvalue weighted by Gasteiger charge is -2.37. The van der Waals surface area contributed by atoms with E-state index in [0.717, 1.165) is 11.3 Å². The van der Waals surface area contributed by atoms with Gasteiger partial charge in [0.1, 0.15) is 5.75 Å². The Bertz CT molecular complexity index is 677. The molecule has 1 aliphatic rings. The van der Waals surface area contributed by atoms with Gasteiger partial charge in [0.25, 0.3) is 5.91 Å². The molecule has 3 atom stereocenters. The number of hydrogen-bond acceptors (Lipinski definition) is 5. The van der Waals surface area contributed by atoms with Gasteiger partial charge in [-0.3, -0.25) is 4.79 Å². The van der Waals surface area contributed by atoms with E-state index in [2.05, 4.69) is 11.2 Å². The van der Waals surface area contributed by atoms with Gasteiger partial charge in [-0.2, -0.15) is 0 Å². The minimum absolute atomic E-state index is 0.0327. The van der Waals surface area contributed by atoms with Crippen LogP contribution < -0.4 is 10.1 Å². The number of benzene rings is 1. The molecule has 0 aromatic heterocycles. The van der Waals surface area contributed by atoms with Crippen LogP contribution in [-0.2, 0) is 14.3 Å². The van der Waals surface area contributed by atoms with Gasteiger partial charge in [-0.25, -0.2) is 0 Å². The number of hydrogen-bond donors (Lipinski definition) is 2. The molecule has 6 nitrogen and oxygen atoms in total. The molecule has 1 aromatic carbocycles. The highest BCUT2D eigenvalue weighted by Gasteiger charge is 2.37. The molecule has 2 rings (SSSR count). The molecule has 0 unspecified atom stereocenters. The molecule has 1 aromatic rings. The molecule has 0 saturated carbocycles. The van der Waals surface area contributed by atoms with Crippen molar-refractivity contribution in [2.75, 3.05) is 26.9 Å². The van der Waals surface area contributed by atoms with Gasteiger partial charge in [0.05, 0.1) is 13.7 Å². The highest BCUT2D eigenvalue weighted by molar-refractivity contribution is 5.91. The highest BCUT2D eigenvalue weighted by atomic mass is 16.7. The number of allylic oxidation sites excluding steroid dienone is 1. The van der Waals surface area contributed by atoms with Crippen molar-refractivity contribution in [3.63, 3.8) is 0 Å². The first-order valence-electron chi connectivity index (χ1n) is 9.11. The zero-order valence-corrected chi connectivity index (χ0v) is 15.8. The van der Waals surface area contributed by atoms with Gasteiger partial charge in [-0.05, 0) is 43.5 Å². The van der Waals surface area contributed by atoms with E-state index in [9.17, 15) is 9.90 Å². The van der Waals surface area contributed by atoms with Crippen molar-refractivity contribution in [1.82, 2.24) is 5.32 Å². The van der Waals surface area contributed by atoms with Crippen LogP contribution in [0.25, 0.3) is 0 Å². The monoisotopic (exact) mass is 373 g/mol. The van der Waals surface area contributed by atoms with Crippen molar-refractivity contribution in [2.45, 2.75) is 32.0 Å². The van der Waals surface area contributed by atoms with Crippen molar-refractivity contribution < 1.29 is 24.1 Å². The second kappa shape index (κ2) is 10.6. The molecule has 1 heterocycles. The van der Waals surface area contributed by atoms with E-state index in [0.29, 0.717) is 19.4 Å².